The summed E-state index contributed by atoms with van der Waals surface area (Å²) < 4.78 is 4.90. The fraction of sp³-hybridized carbons (Fsp3) is 0.524. The Bertz CT molecular complexity index is 391. The standard InChI is InChI=1S/C15H24O.C6H10O/c1-2-3-4-5-6-7-8-11-14-12-9-10-13-15(14)16;1-3-5-7-6-4-2/h9-10,12-13,16H,2-8,11H2,1H3;3-4H,1-2,5-6H2. The molecule has 1 N–H and O–H groups in total. The lowest BCUT2D eigenvalue weighted by atomic mass is 10.0. The van der Waals surface area contributed by atoms with Gasteiger partial charge in [-0.15, -0.1) is 13.2 Å². The van der Waals surface area contributed by atoms with E-state index in [1.807, 2.05) is 18.2 Å². The van der Waals surface area contributed by atoms with Gasteiger partial charge in [0.25, 0.3) is 0 Å². The zero-order valence-corrected chi connectivity index (χ0v) is 14.8. The smallest absolute Gasteiger partial charge is 0.118 e. The summed E-state index contributed by atoms with van der Waals surface area (Å²) in [6.07, 6.45) is 13.7. The van der Waals surface area contributed by atoms with Crippen molar-refractivity contribution in [1.82, 2.24) is 0 Å². The molecule has 0 aromatic heterocycles. The molecule has 0 fully saturated rings. The lowest BCUT2D eigenvalue weighted by Gasteiger charge is -2.04. The van der Waals surface area contributed by atoms with Crippen molar-refractivity contribution >= 4 is 0 Å². The number of hydrogen-bond donors (Lipinski definition) is 1. The third-order valence-corrected chi connectivity index (χ3v) is 3.51. The highest BCUT2D eigenvalue weighted by molar-refractivity contribution is 5.31. The van der Waals surface area contributed by atoms with Crippen LogP contribution in [0.25, 0.3) is 0 Å². The van der Waals surface area contributed by atoms with Crippen LogP contribution in [0.4, 0.5) is 0 Å². The van der Waals surface area contributed by atoms with E-state index in [0.717, 1.165) is 12.0 Å². The van der Waals surface area contributed by atoms with E-state index in [1.54, 1.807) is 18.2 Å². The highest BCUT2D eigenvalue weighted by atomic mass is 16.5. The van der Waals surface area contributed by atoms with E-state index in [4.69, 9.17) is 4.74 Å². The Morgan fingerprint density at radius 1 is 0.913 bits per heavy atom. The molecule has 2 heteroatoms. The number of ether oxygens (including phenoxy) is 1. The van der Waals surface area contributed by atoms with Crippen LogP contribution in [0.1, 0.15) is 57.4 Å². The summed E-state index contributed by atoms with van der Waals surface area (Å²) in [5.41, 5.74) is 1.09. The molecule has 0 spiro atoms. The Morgan fingerprint density at radius 2 is 1.48 bits per heavy atom. The summed E-state index contributed by atoms with van der Waals surface area (Å²) in [5.74, 6) is 0.452. The Hall–Kier alpha value is -1.54. The molecule has 0 amide bonds. The zero-order chi connectivity index (χ0) is 17.2. The van der Waals surface area contributed by atoms with Crippen molar-refractivity contribution in [3.8, 4) is 5.75 Å². The minimum atomic E-state index is 0.452. The van der Waals surface area contributed by atoms with Gasteiger partial charge < -0.3 is 9.84 Å². The third kappa shape index (κ3) is 13.8. The SMILES string of the molecule is C=CCOCC=C.CCCCCCCCCc1ccccc1O. The van der Waals surface area contributed by atoms with Crippen molar-refractivity contribution < 1.29 is 9.84 Å². The van der Waals surface area contributed by atoms with Crippen LogP contribution >= 0.6 is 0 Å². The van der Waals surface area contributed by atoms with Gasteiger partial charge in [0.2, 0.25) is 0 Å². The number of rotatable bonds is 12. The molecule has 0 bridgehead atoms. The summed E-state index contributed by atoms with van der Waals surface area (Å²) in [7, 11) is 0. The lowest BCUT2D eigenvalue weighted by Crippen LogP contribution is -1.87. The van der Waals surface area contributed by atoms with Crippen LogP contribution in [0.2, 0.25) is 0 Å². The van der Waals surface area contributed by atoms with Gasteiger partial charge in [0.1, 0.15) is 5.75 Å². The van der Waals surface area contributed by atoms with Crippen molar-refractivity contribution in [2.75, 3.05) is 13.2 Å². The molecule has 130 valence electrons. The van der Waals surface area contributed by atoms with Crippen LogP contribution in [-0.4, -0.2) is 18.3 Å². The molecule has 2 nitrogen and oxygen atoms in total. The van der Waals surface area contributed by atoms with Crippen LogP contribution in [-0.2, 0) is 11.2 Å². The molecule has 0 unspecified atom stereocenters. The van der Waals surface area contributed by atoms with E-state index >= 15 is 0 Å². The number of phenols is 1. The number of aromatic hydroxyl groups is 1. The molecule has 0 atom stereocenters. The molecular formula is C21H34O2. The minimum Gasteiger partial charge on any atom is -0.508 e. The molecule has 0 saturated carbocycles. The first kappa shape index (κ1) is 21.5. The van der Waals surface area contributed by atoms with E-state index < -0.39 is 0 Å². The van der Waals surface area contributed by atoms with E-state index in [1.165, 1.54) is 44.9 Å². The fourth-order valence-electron chi connectivity index (χ4n) is 2.23. The number of para-hydroxylation sites is 1. The summed E-state index contributed by atoms with van der Waals surface area (Å²) in [6, 6.07) is 7.67. The van der Waals surface area contributed by atoms with Gasteiger partial charge in [0.05, 0.1) is 13.2 Å². The van der Waals surface area contributed by atoms with Crippen LogP contribution in [0.5, 0.6) is 5.75 Å². The normalized spacial score (nSPS) is 9.78. The average molecular weight is 319 g/mol. The third-order valence-electron chi connectivity index (χ3n) is 3.51. The first-order valence-electron chi connectivity index (χ1n) is 8.82. The largest absolute Gasteiger partial charge is 0.508 e. The second-order valence-electron chi connectivity index (χ2n) is 5.61. The predicted molar refractivity (Wildman–Crippen MR) is 101 cm³/mol. The quantitative estimate of drug-likeness (QED) is 0.375. The highest BCUT2D eigenvalue weighted by Crippen LogP contribution is 2.18. The number of benzene rings is 1. The van der Waals surface area contributed by atoms with Gasteiger partial charge in [0.15, 0.2) is 0 Å². The van der Waals surface area contributed by atoms with E-state index in [-0.39, 0.29) is 0 Å². The second kappa shape index (κ2) is 16.8. The summed E-state index contributed by atoms with van der Waals surface area (Å²) in [5, 5.41) is 9.58. The predicted octanol–water partition coefficient (Wildman–Crippen LogP) is 6.06. The number of hydrogen-bond acceptors (Lipinski definition) is 2. The van der Waals surface area contributed by atoms with Crippen molar-refractivity contribution in [3.63, 3.8) is 0 Å². The highest BCUT2D eigenvalue weighted by Gasteiger charge is 1.98. The van der Waals surface area contributed by atoms with Gasteiger partial charge in [-0.1, -0.05) is 75.8 Å². The lowest BCUT2D eigenvalue weighted by molar-refractivity contribution is 0.194. The molecule has 1 rings (SSSR count). The van der Waals surface area contributed by atoms with Gasteiger partial charge in [-0.05, 0) is 24.5 Å². The monoisotopic (exact) mass is 318 g/mol. The fourth-order valence-corrected chi connectivity index (χ4v) is 2.23. The Balaban J connectivity index is 0.000000585. The van der Waals surface area contributed by atoms with Crippen LogP contribution in [0, 0.1) is 0 Å². The first-order chi connectivity index (χ1) is 11.3. The molecule has 23 heavy (non-hydrogen) atoms. The molecular weight excluding hydrogens is 284 g/mol. The molecule has 1 aromatic rings. The topological polar surface area (TPSA) is 29.5 Å². The van der Waals surface area contributed by atoms with Crippen LogP contribution in [0.3, 0.4) is 0 Å². The minimum absolute atomic E-state index is 0.452. The van der Waals surface area contributed by atoms with Gasteiger partial charge in [-0.25, -0.2) is 0 Å². The van der Waals surface area contributed by atoms with Gasteiger partial charge in [0, 0.05) is 0 Å². The van der Waals surface area contributed by atoms with Crippen molar-refractivity contribution in [1.29, 1.82) is 0 Å². The maximum atomic E-state index is 9.58. The second-order valence-corrected chi connectivity index (χ2v) is 5.61. The molecule has 1 aromatic carbocycles. The van der Waals surface area contributed by atoms with E-state index in [9.17, 15) is 5.11 Å². The van der Waals surface area contributed by atoms with Crippen molar-refractivity contribution in [2.45, 2.75) is 58.3 Å². The maximum absolute atomic E-state index is 9.58. The zero-order valence-electron chi connectivity index (χ0n) is 14.8. The molecule has 0 saturated heterocycles. The molecule has 0 aliphatic heterocycles. The Kier molecular flexibility index (Phi) is 15.7. The van der Waals surface area contributed by atoms with Crippen LogP contribution in [0.15, 0.2) is 49.6 Å². The van der Waals surface area contributed by atoms with Crippen molar-refractivity contribution in [2.24, 2.45) is 0 Å². The molecule has 0 aliphatic rings. The Labute approximate surface area is 142 Å². The number of phenolic OH excluding ortho intramolecular Hbond substituents is 1. The maximum Gasteiger partial charge on any atom is 0.118 e. The molecule has 0 heterocycles. The summed E-state index contributed by atoms with van der Waals surface area (Å²) in [6.45, 7) is 10.4. The number of unbranched alkanes of at least 4 members (excludes halogenated alkanes) is 6. The van der Waals surface area contributed by atoms with Gasteiger partial charge in [-0.3, -0.25) is 0 Å². The molecule has 0 aliphatic carbocycles. The van der Waals surface area contributed by atoms with Gasteiger partial charge >= 0.3 is 0 Å². The number of aryl methyl sites for hydroxylation is 1. The summed E-state index contributed by atoms with van der Waals surface area (Å²) >= 11 is 0. The van der Waals surface area contributed by atoms with Crippen LogP contribution < -0.4 is 0 Å². The Morgan fingerprint density at radius 3 is 2.04 bits per heavy atom. The first-order valence-corrected chi connectivity index (χ1v) is 8.82. The van der Waals surface area contributed by atoms with Gasteiger partial charge in [-0.2, -0.15) is 0 Å². The molecule has 0 radical (unpaired) electrons. The average Bonchev–Trinajstić information content (AvgIpc) is 2.57. The van der Waals surface area contributed by atoms with E-state index in [2.05, 4.69) is 20.1 Å². The summed E-state index contributed by atoms with van der Waals surface area (Å²) in [4.78, 5) is 0. The van der Waals surface area contributed by atoms with Crippen molar-refractivity contribution in [3.05, 3.63) is 55.1 Å². The van der Waals surface area contributed by atoms with E-state index in [0.29, 0.717) is 19.0 Å².